The number of hydrogen-bond donors (Lipinski definition) is 1. The molecular formula is C17H21NO3. The van der Waals surface area contributed by atoms with Crippen LogP contribution in [0.4, 0.5) is 0 Å². The molecule has 0 saturated carbocycles. The first kappa shape index (κ1) is 15.3. The van der Waals surface area contributed by atoms with Crippen LogP contribution in [0, 0.1) is 0 Å². The SMILES string of the molecule is CCNC(C(=O)OCC)c1c(OC)ccc2ccccc12. The number of hydrogen-bond acceptors (Lipinski definition) is 4. The Labute approximate surface area is 125 Å². The third kappa shape index (κ3) is 3.16. The van der Waals surface area contributed by atoms with Gasteiger partial charge in [0.05, 0.1) is 13.7 Å². The molecule has 0 bridgehead atoms. The lowest BCUT2D eigenvalue weighted by Crippen LogP contribution is -2.30. The third-order valence-electron chi connectivity index (χ3n) is 3.37. The first-order valence-electron chi connectivity index (χ1n) is 7.18. The molecule has 0 radical (unpaired) electrons. The molecule has 0 spiro atoms. The summed E-state index contributed by atoms with van der Waals surface area (Å²) in [6.45, 7) is 4.79. The summed E-state index contributed by atoms with van der Waals surface area (Å²) in [6, 6.07) is 11.3. The Morgan fingerprint density at radius 3 is 2.62 bits per heavy atom. The van der Waals surface area contributed by atoms with Crippen LogP contribution in [0.3, 0.4) is 0 Å². The second-order valence-electron chi connectivity index (χ2n) is 4.65. The minimum absolute atomic E-state index is 0.283. The highest BCUT2D eigenvalue weighted by atomic mass is 16.5. The number of benzene rings is 2. The molecule has 112 valence electrons. The lowest BCUT2D eigenvalue weighted by atomic mass is 9.97. The van der Waals surface area contributed by atoms with Gasteiger partial charge in [0.15, 0.2) is 0 Å². The molecule has 2 rings (SSSR count). The molecule has 0 saturated heterocycles. The molecule has 21 heavy (non-hydrogen) atoms. The van der Waals surface area contributed by atoms with E-state index in [1.165, 1.54) is 0 Å². The van der Waals surface area contributed by atoms with E-state index in [9.17, 15) is 4.79 Å². The zero-order valence-corrected chi connectivity index (χ0v) is 12.7. The van der Waals surface area contributed by atoms with E-state index in [1.807, 2.05) is 43.3 Å². The van der Waals surface area contributed by atoms with Gasteiger partial charge in [0.2, 0.25) is 0 Å². The summed E-state index contributed by atoms with van der Waals surface area (Å²) in [6.07, 6.45) is 0. The van der Waals surface area contributed by atoms with Crippen LogP contribution in [0.15, 0.2) is 36.4 Å². The van der Waals surface area contributed by atoms with Gasteiger partial charge in [-0.2, -0.15) is 0 Å². The number of rotatable bonds is 6. The average Bonchev–Trinajstić information content (AvgIpc) is 2.52. The normalized spacial score (nSPS) is 12.1. The van der Waals surface area contributed by atoms with Crippen LogP contribution in [0.2, 0.25) is 0 Å². The molecule has 4 nitrogen and oxygen atoms in total. The van der Waals surface area contributed by atoms with Crippen molar-refractivity contribution in [3.05, 3.63) is 42.0 Å². The molecule has 0 fully saturated rings. The van der Waals surface area contributed by atoms with Gasteiger partial charge in [-0.1, -0.05) is 37.3 Å². The largest absolute Gasteiger partial charge is 0.496 e. The summed E-state index contributed by atoms with van der Waals surface area (Å²) in [4.78, 5) is 12.3. The number of ether oxygens (including phenoxy) is 2. The van der Waals surface area contributed by atoms with Crippen molar-refractivity contribution in [1.82, 2.24) is 5.32 Å². The monoisotopic (exact) mass is 287 g/mol. The van der Waals surface area contributed by atoms with Crippen LogP contribution < -0.4 is 10.1 Å². The fourth-order valence-electron chi connectivity index (χ4n) is 2.48. The second-order valence-corrected chi connectivity index (χ2v) is 4.65. The summed E-state index contributed by atoms with van der Waals surface area (Å²) in [7, 11) is 1.61. The number of carbonyl (C=O) groups excluding carboxylic acids is 1. The number of nitrogens with one attached hydrogen (secondary N) is 1. The molecule has 0 aromatic heterocycles. The van der Waals surface area contributed by atoms with Gasteiger partial charge in [0, 0.05) is 5.56 Å². The van der Waals surface area contributed by atoms with Crippen LogP contribution >= 0.6 is 0 Å². The Kier molecular flexibility index (Phi) is 5.17. The molecule has 1 atom stereocenters. The molecule has 0 amide bonds. The number of methoxy groups -OCH3 is 1. The predicted molar refractivity (Wildman–Crippen MR) is 83.6 cm³/mol. The summed E-state index contributed by atoms with van der Waals surface area (Å²) >= 11 is 0. The van der Waals surface area contributed by atoms with Gasteiger partial charge in [-0.05, 0) is 30.3 Å². The van der Waals surface area contributed by atoms with Gasteiger partial charge >= 0.3 is 5.97 Å². The van der Waals surface area contributed by atoms with Crippen molar-refractivity contribution >= 4 is 16.7 Å². The number of esters is 1. The highest BCUT2D eigenvalue weighted by molar-refractivity contribution is 5.93. The lowest BCUT2D eigenvalue weighted by molar-refractivity contribution is -0.145. The van der Waals surface area contributed by atoms with E-state index in [2.05, 4.69) is 5.32 Å². The molecule has 0 aliphatic rings. The van der Waals surface area contributed by atoms with E-state index < -0.39 is 6.04 Å². The molecule has 1 unspecified atom stereocenters. The Morgan fingerprint density at radius 1 is 1.19 bits per heavy atom. The zero-order valence-electron chi connectivity index (χ0n) is 12.7. The fraction of sp³-hybridized carbons (Fsp3) is 0.353. The van der Waals surface area contributed by atoms with Crippen molar-refractivity contribution in [3.8, 4) is 5.75 Å². The van der Waals surface area contributed by atoms with Gasteiger partial charge in [-0.25, -0.2) is 4.79 Å². The van der Waals surface area contributed by atoms with E-state index in [-0.39, 0.29) is 5.97 Å². The number of carbonyl (C=O) groups is 1. The van der Waals surface area contributed by atoms with E-state index in [4.69, 9.17) is 9.47 Å². The highest BCUT2D eigenvalue weighted by Crippen LogP contribution is 2.33. The predicted octanol–water partition coefficient (Wildman–Crippen LogP) is 3.06. The summed E-state index contributed by atoms with van der Waals surface area (Å²) in [5.74, 6) is 0.404. The molecule has 2 aromatic rings. The van der Waals surface area contributed by atoms with Gasteiger partial charge in [-0.15, -0.1) is 0 Å². The van der Waals surface area contributed by atoms with Crippen molar-refractivity contribution < 1.29 is 14.3 Å². The summed E-state index contributed by atoms with van der Waals surface area (Å²) in [5.41, 5.74) is 0.830. The lowest BCUT2D eigenvalue weighted by Gasteiger charge is -2.21. The Bertz CT molecular complexity index is 624. The van der Waals surface area contributed by atoms with Gasteiger partial charge in [0.1, 0.15) is 11.8 Å². The molecule has 0 heterocycles. The maximum Gasteiger partial charge on any atom is 0.327 e. The molecule has 0 aliphatic carbocycles. The van der Waals surface area contributed by atoms with E-state index in [0.717, 1.165) is 16.3 Å². The Morgan fingerprint density at radius 2 is 1.95 bits per heavy atom. The molecule has 2 aromatic carbocycles. The quantitative estimate of drug-likeness (QED) is 0.830. The van der Waals surface area contributed by atoms with Crippen molar-refractivity contribution in [2.45, 2.75) is 19.9 Å². The van der Waals surface area contributed by atoms with Gasteiger partial charge in [-0.3, -0.25) is 0 Å². The van der Waals surface area contributed by atoms with Gasteiger partial charge in [0.25, 0.3) is 0 Å². The van der Waals surface area contributed by atoms with E-state index in [0.29, 0.717) is 18.9 Å². The molecule has 1 N–H and O–H groups in total. The topological polar surface area (TPSA) is 47.6 Å². The van der Waals surface area contributed by atoms with Crippen LogP contribution in [-0.4, -0.2) is 26.2 Å². The zero-order chi connectivity index (χ0) is 15.2. The first-order chi connectivity index (χ1) is 10.2. The Balaban J connectivity index is 2.61. The minimum Gasteiger partial charge on any atom is -0.496 e. The van der Waals surface area contributed by atoms with Crippen LogP contribution in [-0.2, 0) is 9.53 Å². The van der Waals surface area contributed by atoms with Gasteiger partial charge < -0.3 is 14.8 Å². The maximum atomic E-state index is 12.3. The standard InChI is InChI=1S/C17H21NO3/c1-4-18-16(17(19)21-5-2)15-13-9-7-6-8-12(13)10-11-14(15)20-3/h6-11,16,18H,4-5H2,1-3H3. The average molecular weight is 287 g/mol. The highest BCUT2D eigenvalue weighted by Gasteiger charge is 2.26. The Hall–Kier alpha value is -2.07. The second kappa shape index (κ2) is 7.09. The summed E-state index contributed by atoms with van der Waals surface area (Å²) < 4.78 is 10.7. The molecule has 0 aliphatic heterocycles. The van der Waals surface area contributed by atoms with Crippen molar-refractivity contribution in [1.29, 1.82) is 0 Å². The third-order valence-corrected chi connectivity index (χ3v) is 3.37. The fourth-order valence-corrected chi connectivity index (χ4v) is 2.48. The van der Waals surface area contributed by atoms with Crippen LogP contribution in [0.1, 0.15) is 25.5 Å². The molecule has 4 heteroatoms. The smallest absolute Gasteiger partial charge is 0.327 e. The van der Waals surface area contributed by atoms with E-state index >= 15 is 0 Å². The van der Waals surface area contributed by atoms with Crippen molar-refractivity contribution in [2.24, 2.45) is 0 Å². The van der Waals surface area contributed by atoms with E-state index in [1.54, 1.807) is 14.0 Å². The molecular weight excluding hydrogens is 266 g/mol. The number of fused-ring (bicyclic) bond motifs is 1. The first-order valence-corrected chi connectivity index (χ1v) is 7.18. The minimum atomic E-state index is -0.531. The number of likely N-dealkylation sites (N-methyl/N-ethyl adjacent to an activating group) is 1. The van der Waals surface area contributed by atoms with Crippen LogP contribution in [0.5, 0.6) is 5.75 Å². The van der Waals surface area contributed by atoms with Crippen LogP contribution in [0.25, 0.3) is 10.8 Å². The summed E-state index contributed by atoms with van der Waals surface area (Å²) in [5, 5.41) is 5.26. The maximum absolute atomic E-state index is 12.3. The van der Waals surface area contributed by atoms with Crippen molar-refractivity contribution in [3.63, 3.8) is 0 Å². The van der Waals surface area contributed by atoms with Crippen molar-refractivity contribution in [2.75, 3.05) is 20.3 Å².